The zero-order valence-electron chi connectivity index (χ0n) is 16.5. The minimum absolute atomic E-state index is 0.0580. The largest absolute Gasteiger partial charge is 0.394 e. The fourth-order valence-corrected chi connectivity index (χ4v) is 4.08. The Morgan fingerprint density at radius 1 is 1.14 bits per heavy atom. The minimum Gasteiger partial charge on any atom is -0.394 e. The van der Waals surface area contributed by atoms with Crippen LogP contribution in [0.1, 0.15) is 40.5 Å². The SMILES string of the molecule is CC(=O)C(=O)C=C1C(C)(C)C[C@@H](O[C@@H]2O[C@H](CO)[C@@H](O)[C@H](O)[C@H]2O)C[C@]1(C)O. The smallest absolute Gasteiger partial charge is 0.221 e. The molecule has 28 heavy (non-hydrogen) atoms. The highest BCUT2D eigenvalue weighted by molar-refractivity contribution is 6.40. The molecule has 0 spiro atoms. The Morgan fingerprint density at radius 3 is 2.25 bits per heavy atom. The maximum absolute atomic E-state index is 11.9. The molecule has 0 unspecified atom stereocenters. The third kappa shape index (κ3) is 4.68. The van der Waals surface area contributed by atoms with E-state index in [0.29, 0.717) is 12.0 Å². The summed E-state index contributed by atoms with van der Waals surface area (Å²) in [5.74, 6) is -1.32. The quantitative estimate of drug-likeness (QED) is 0.283. The molecule has 5 N–H and O–H groups in total. The summed E-state index contributed by atoms with van der Waals surface area (Å²) in [6.07, 6.45) is -6.03. The molecule has 0 radical (unpaired) electrons. The molecule has 1 saturated carbocycles. The Bertz CT molecular complexity index is 617. The van der Waals surface area contributed by atoms with Gasteiger partial charge in [0, 0.05) is 13.3 Å². The summed E-state index contributed by atoms with van der Waals surface area (Å²) in [6, 6.07) is 0. The predicted molar refractivity (Wildman–Crippen MR) is 96.1 cm³/mol. The number of aliphatic hydroxyl groups excluding tert-OH is 4. The van der Waals surface area contributed by atoms with E-state index in [0.717, 1.165) is 6.92 Å². The minimum atomic E-state index is -1.56. The number of carbonyl (C=O) groups is 2. The standard InChI is InChI=1S/C19H30O9/c1-9(21)11(22)5-13-18(2,3)6-10(7-19(13,4)26)27-17-16(25)15(24)14(23)12(8-20)28-17/h5,10,12,14-17,20,23-26H,6-8H2,1-4H3/t10-,12-,14-,15+,16-,17-,19+/m1/s1. The lowest BCUT2D eigenvalue weighted by Gasteiger charge is -2.48. The summed E-state index contributed by atoms with van der Waals surface area (Å²) < 4.78 is 11.1. The topological polar surface area (TPSA) is 154 Å². The molecule has 7 atom stereocenters. The van der Waals surface area contributed by atoms with Gasteiger partial charge in [-0.05, 0) is 30.4 Å². The van der Waals surface area contributed by atoms with Crippen LogP contribution in [0.4, 0.5) is 0 Å². The lowest BCUT2D eigenvalue weighted by Crippen LogP contribution is -2.60. The molecule has 160 valence electrons. The van der Waals surface area contributed by atoms with Crippen LogP contribution in [-0.4, -0.2) is 86.1 Å². The molecule has 0 aromatic carbocycles. The Balaban J connectivity index is 2.20. The maximum atomic E-state index is 11.9. The van der Waals surface area contributed by atoms with E-state index in [1.165, 1.54) is 13.0 Å². The second-order valence-electron chi connectivity index (χ2n) is 8.50. The van der Waals surface area contributed by atoms with Crippen molar-refractivity contribution in [3.8, 4) is 0 Å². The van der Waals surface area contributed by atoms with E-state index in [1.807, 2.05) is 0 Å². The molecular formula is C19H30O9. The summed E-state index contributed by atoms with van der Waals surface area (Å²) in [6.45, 7) is 5.69. The Morgan fingerprint density at radius 2 is 1.75 bits per heavy atom. The first kappa shape index (κ1) is 23.1. The fourth-order valence-electron chi connectivity index (χ4n) is 4.08. The molecule has 0 aromatic heterocycles. The Kier molecular flexibility index (Phi) is 6.82. The maximum Gasteiger partial charge on any atom is 0.221 e. The van der Waals surface area contributed by atoms with Crippen LogP contribution in [-0.2, 0) is 19.1 Å². The van der Waals surface area contributed by atoms with E-state index in [9.17, 15) is 35.1 Å². The molecule has 2 aliphatic rings. The number of ether oxygens (including phenoxy) is 2. The van der Waals surface area contributed by atoms with Crippen molar-refractivity contribution in [3.05, 3.63) is 11.6 Å². The molecule has 1 aliphatic carbocycles. The highest BCUT2D eigenvalue weighted by atomic mass is 16.7. The summed E-state index contributed by atoms with van der Waals surface area (Å²) in [7, 11) is 0. The summed E-state index contributed by atoms with van der Waals surface area (Å²) in [4.78, 5) is 23.2. The molecule has 9 nitrogen and oxygen atoms in total. The molecule has 1 saturated heterocycles. The molecule has 0 aromatic rings. The van der Waals surface area contributed by atoms with Crippen molar-refractivity contribution in [3.63, 3.8) is 0 Å². The first-order valence-electron chi connectivity index (χ1n) is 9.26. The predicted octanol–water partition coefficient (Wildman–Crippen LogP) is -1.17. The van der Waals surface area contributed by atoms with Gasteiger partial charge >= 0.3 is 0 Å². The third-order valence-electron chi connectivity index (χ3n) is 5.47. The van der Waals surface area contributed by atoms with Crippen LogP contribution in [0.15, 0.2) is 11.6 Å². The lowest BCUT2D eigenvalue weighted by atomic mass is 9.64. The van der Waals surface area contributed by atoms with E-state index in [2.05, 4.69) is 0 Å². The Labute approximate surface area is 163 Å². The van der Waals surface area contributed by atoms with Crippen molar-refractivity contribution in [2.24, 2.45) is 5.41 Å². The highest BCUT2D eigenvalue weighted by Crippen LogP contribution is 2.47. The molecule has 2 rings (SSSR count). The van der Waals surface area contributed by atoms with Gasteiger partial charge < -0.3 is 35.0 Å². The van der Waals surface area contributed by atoms with Gasteiger partial charge in [0.1, 0.15) is 24.4 Å². The summed E-state index contributed by atoms with van der Waals surface area (Å²) in [5.41, 5.74) is -1.74. The number of hydrogen-bond donors (Lipinski definition) is 5. The van der Waals surface area contributed by atoms with Crippen LogP contribution >= 0.6 is 0 Å². The van der Waals surface area contributed by atoms with Crippen LogP contribution in [0.2, 0.25) is 0 Å². The average molecular weight is 402 g/mol. The normalized spacial score (nSPS) is 42.4. The van der Waals surface area contributed by atoms with E-state index in [-0.39, 0.29) is 6.42 Å². The monoisotopic (exact) mass is 402 g/mol. The van der Waals surface area contributed by atoms with Gasteiger partial charge in [-0.15, -0.1) is 0 Å². The van der Waals surface area contributed by atoms with Crippen LogP contribution < -0.4 is 0 Å². The Hall–Kier alpha value is -1.20. The van der Waals surface area contributed by atoms with Crippen molar-refractivity contribution in [1.82, 2.24) is 0 Å². The molecule has 9 heteroatoms. The average Bonchev–Trinajstić information content (AvgIpc) is 2.57. The van der Waals surface area contributed by atoms with Crippen LogP contribution in [0, 0.1) is 5.41 Å². The van der Waals surface area contributed by atoms with Crippen molar-refractivity contribution in [1.29, 1.82) is 0 Å². The van der Waals surface area contributed by atoms with E-state index >= 15 is 0 Å². The van der Waals surface area contributed by atoms with Gasteiger partial charge in [-0.2, -0.15) is 0 Å². The molecule has 0 bridgehead atoms. The number of ketones is 2. The van der Waals surface area contributed by atoms with Crippen LogP contribution in [0.5, 0.6) is 0 Å². The van der Waals surface area contributed by atoms with Crippen molar-refractivity contribution < 1.29 is 44.6 Å². The summed E-state index contributed by atoms with van der Waals surface area (Å²) in [5, 5.41) is 50.1. The van der Waals surface area contributed by atoms with E-state index in [4.69, 9.17) is 9.47 Å². The van der Waals surface area contributed by atoms with Crippen molar-refractivity contribution in [2.45, 2.75) is 82.9 Å². The first-order chi connectivity index (χ1) is 12.8. The number of rotatable bonds is 5. The number of hydrogen-bond acceptors (Lipinski definition) is 9. The number of aliphatic hydroxyl groups is 5. The van der Waals surface area contributed by atoms with Gasteiger partial charge in [0.25, 0.3) is 0 Å². The zero-order chi connectivity index (χ0) is 21.4. The molecule has 1 heterocycles. The van der Waals surface area contributed by atoms with Crippen LogP contribution in [0.25, 0.3) is 0 Å². The van der Waals surface area contributed by atoms with Crippen molar-refractivity contribution in [2.75, 3.05) is 6.61 Å². The van der Waals surface area contributed by atoms with Crippen LogP contribution in [0.3, 0.4) is 0 Å². The van der Waals surface area contributed by atoms with Gasteiger partial charge in [-0.1, -0.05) is 13.8 Å². The summed E-state index contributed by atoms with van der Waals surface area (Å²) >= 11 is 0. The molecule has 0 amide bonds. The fraction of sp³-hybridized carbons (Fsp3) is 0.789. The number of carbonyl (C=O) groups excluding carboxylic acids is 2. The van der Waals surface area contributed by atoms with E-state index in [1.54, 1.807) is 13.8 Å². The zero-order valence-corrected chi connectivity index (χ0v) is 16.5. The van der Waals surface area contributed by atoms with Gasteiger partial charge in [-0.25, -0.2) is 0 Å². The third-order valence-corrected chi connectivity index (χ3v) is 5.47. The van der Waals surface area contributed by atoms with Gasteiger partial charge in [-0.3, -0.25) is 9.59 Å². The number of allylic oxidation sites excluding steroid dienone is 1. The first-order valence-corrected chi connectivity index (χ1v) is 9.26. The second kappa shape index (κ2) is 8.27. The van der Waals surface area contributed by atoms with Gasteiger partial charge in [0.15, 0.2) is 12.1 Å². The molecule has 1 aliphatic heterocycles. The second-order valence-corrected chi connectivity index (χ2v) is 8.50. The van der Waals surface area contributed by atoms with E-state index < -0.39 is 66.0 Å². The van der Waals surface area contributed by atoms with Crippen molar-refractivity contribution >= 4 is 11.6 Å². The van der Waals surface area contributed by atoms with Gasteiger partial charge in [0.2, 0.25) is 5.78 Å². The molecule has 2 fully saturated rings. The van der Waals surface area contributed by atoms with Gasteiger partial charge in [0.05, 0.1) is 18.3 Å². The molecular weight excluding hydrogens is 372 g/mol. The lowest BCUT2D eigenvalue weighted by molar-refractivity contribution is -0.316. The highest BCUT2D eigenvalue weighted by Gasteiger charge is 2.49. The number of Topliss-reactive ketones (excluding diaryl/α,β-unsaturated/α-hetero) is 1.